The van der Waals surface area contributed by atoms with E-state index in [2.05, 4.69) is 17.1 Å². The molecule has 5 heteroatoms. The first-order valence-electron chi connectivity index (χ1n) is 7.51. The molecular weight excluding hydrogens is 268 g/mol. The molecule has 0 aliphatic heterocycles. The lowest BCUT2D eigenvalue weighted by atomic mass is 9.89. The highest BCUT2D eigenvalue weighted by atomic mass is 16.5. The van der Waals surface area contributed by atoms with Crippen LogP contribution >= 0.6 is 0 Å². The van der Waals surface area contributed by atoms with Crippen LogP contribution in [0.4, 0.5) is 0 Å². The summed E-state index contributed by atoms with van der Waals surface area (Å²) in [5.41, 5.74) is 2.20. The van der Waals surface area contributed by atoms with Gasteiger partial charge in [0.15, 0.2) is 6.61 Å². The summed E-state index contributed by atoms with van der Waals surface area (Å²) in [6.07, 6.45) is 4.28. The number of fused-ring (bicyclic) bond motifs is 1. The molecule has 1 aromatic carbocycles. The highest BCUT2D eigenvalue weighted by Crippen LogP contribution is 2.32. The summed E-state index contributed by atoms with van der Waals surface area (Å²) in [6, 6.07) is 5.89. The van der Waals surface area contributed by atoms with Crippen molar-refractivity contribution >= 4 is 0 Å². The van der Waals surface area contributed by atoms with Crippen LogP contribution in [0.1, 0.15) is 55.1 Å². The Morgan fingerprint density at radius 2 is 2.33 bits per heavy atom. The van der Waals surface area contributed by atoms with Gasteiger partial charge in [0.2, 0.25) is 11.7 Å². The van der Waals surface area contributed by atoms with Crippen LogP contribution in [0, 0.1) is 0 Å². The van der Waals surface area contributed by atoms with Crippen molar-refractivity contribution < 1.29 is 14.4 Å². The van der Waals surface area contributed by atoms with Gasteiger partial charge in [0.05, 0.1) is 6.10 Å². The zero-order valence-corrected chi connectivity index (χ0v) is 12.2. The van der Waals surface area contributed by atoms with E-state index in [0.717, 1.165) is 43.4 Å². The molecule has 1 aliphatic rings. The monoisotopic (exact) mass is 288 g/mol. The van der Waals surface area contributed by atoms with Crippen LogP contribution in [-0.2, 0) is 19.4 Å². The second-order valence-electron chi connectivity index (χ2n) is 5.41. The van der Waals surface area contributed by atoms with Crippen molar-refractivity contribution in [1.29, 1.82) is 0 Å². The van der Waals surface area contributed by atoms with Gasteiger partial charge in [-0.05, 0) is 48.9 Å². The number of aliphatic hydroxyl groups is 1. The predicted molar refractivity (Wildman–Crippen MR) is 77.0 cm³/mol. The number of benzene rings is 1. The Kier molecular flexibility index (Phi) is 4.20. The maximum Gasteiger partial charge on any atom is 0.226 e. The molecule has 1 unspecified atom stereocenters. The first kappa shape index (κ1) is 14.1. The summed E-state index contributed by atoms with van der Waals surface area (Å²) < 4.78 is 10.8. The maximum atomic E-state index is 10.0. The summed E-state index contributed by atoms with van der Waals surface area (Å²) in [5.74, 6) is 1.94. The molecule has 0 radical (unpaired) electrons. The quantitative estimate of drug-likeness (QED) is 0.916. The van der Waals surface area contributed by atoms with Crippen molar-refractivity contribution in [3.05, 3.63) is 41.0 Å². The maximum absolute atomic E-state index is 10.0. The fourth-order valence-corrected chi connectivity index (χ4v) is 2.65. The van der Waals surface area contributed by atoms with Crippen LogP contribution in [0.3, 0.4) is 0 Å². The number of hydrogen-bond acceptors (Lipinski definition) is 5. The smallest absolute Gasteiger partial charge is 0.226 e. The van der Waals surface area contributed by atoms with E-state index in [0.29, 0.717) is 11.7 Å². The van der Waals surface area contributed by atoms with Crippen LogP contribution in [0.25, 0.3) is 0 Å². The van der Waals surface area contributed by atoms with Crippen LogP contribution in [0.2, 0.25) is 0 Å². The fourth-order valence-electron chi connectivity index (χ4n) is 2.65. The molecule has 0 saturated heterocycles. The van der Waals surface area contributed by atoms with Gasteiger partial charge in [-0.15, -0.1) is 0 Å². The van der Waals surface area contributed by atoms with E-state index < -0.39 is 0 Å². The molecule has 2 aromatic rings. The Morgan fingerprint density at radius 3 is 3.19 bits per heavy atom. The Labute approximate surface area is 123 Å². The number of nitrogens with zero attached hydrogens (tertiary/aromatic N) is 2. The molecule has 0 saturated carbocycles. The fraction of sp³-hybridized carbons (Fsp3) is 0.500. The Hall–Kier alpha value is -1.88. The molecule has 0 bridgehead atoms. The van der Waals surface area contributed by atoms with Crippen LogP contribution in [-0.4, -0.2) is 15.2 Å². The number of hydrogen-bond donors (Lipinski definition) is 1. The third-order valence-electron chi connectivity index (χ3n) is 3.74. The molecule has 1 N–H and O–H groups in total. The molecule has 3 rings (SSSR count). The molecule has 21 heavy (non-hydrogen) atoms. The average molecular weight is 288 g/mol. The molecule has 1 atom stereocenters. The van der Waals surface area contributed by atoms with E-state index in [1.165, 1.54) is 5.56 Å². The average Bonchev–Trinajstić information content (AvgIpc) is 2.94. The normalized spacial score (nSPS) is 17.5. The molecule has 0 fully saturated rings. The predicted octanol–water partition coefficient (Wildman–Crippen LogP) is 2.97. The van der Waals surface area contributed by atoms with Gasteiger partial charge in [-0.3, -0.25) is 0 Å². The summed E-state index contributed by atoms with van der Waals surface area (Å²) in [5, 5.41) is 13.9. The molecule has 1 aromatic heterocycles. The Morgan fingerprint density at radius 1 is 1.43 bits per heavy atom. The summed E-state index contributed by atoms with van der Waals surface area (Å²) >= 11 is 0. The minimum atomic E-state index is -0.376. The minimum Gasteiger partial charge on any atom is -0.485 e. The SMILES string of the molecule is CCCc1nc(COc2ccc3c(c2)C(O)CCC3)no1. The van der Waals surface area contributed by atoms with Gasteiger partial charge < -0.3 is 14.4 Å². The van der Waals surface area contributed by atoms with Gasteiger partial charge in [0, 0.05) is 6.42 Å². The molecular formula is C16H20N2O3. The third-order valence-corrected chi connectivity index (χ3v) is 3.74. The second-order valence-corrected chi connectivity index (χ2v) is 5.41. The summed E-state index contributed by atoms with van der Waals surface area (Å²) in [7, 11) is 0. The number of aromatic nitrogens is 2. The number of rotatable bonds is 5. The van der Waals surface area contributed by atoms with E-state index in [9.17, 15) is 5.11 Å². The summed E-state index contributed by atoms with van der Waals surface area (Å²) in [4.78, 5) is 4.27. The van der Waals surface area contributed by atoms with Gasteiger partial charge in [-0.25, -0.2) is 0 Å². The van der Waals surface area contributed by atoms with Crippen molar-refractivity contribution in [3.8, 4) is 5.75 Å². The van der Waals surface area contributed by atoms with Crippen molar-refractivity contribution in [3.63, 3.8) is 0 Å². The van der Waals surface area contributed by atoms with Gasteiger partial charge in [-0.2, -0.15) is 4.98 Å². The van der Waals surface area contributed by atoms with E-state index in [4.69, 9.17) is 9.26 Å². The first-order valence-corrected chi connectivity index (χ1v) is 7.51. The topological polar surface area (TPSA) is 68.4 Å². The largest absolute Gasteiger partial charge is 0.485 e. The van der Waals surface area contributed by atoms with E-state index in [-0.39, 0.29) is 12.7 Å². The van der Waals surface area contributed by atoms with Crippen LogP contribution < -0.4 is 4.74 Å². The Balaban J connectivity index is 1.66. The number of aryl methyl sites for hydroxylation is 2. The van der Waals surface area contributed by atoms with E-state index in [1.54, 1.807) is 0 Å². The lowest BCUT2D eigenvalue weighted by Gasteiger charge is -2.21. The highest BCUT2D eigenvalue weighted by Gasteiger charge is 2.18. The van der Waals surface area contributed by atoms with Crippen molar-refractivity contribution in [1.82, 2.24) is 10.1 Å². The van der Waals surface area contributed by atoms with E-state index >= 15 is 0 Å². The third kappa shape index (κ3) is 3.24. The zero-order valence-electron chi connectivity index (χ0n) is 12.2. The van der Waals surface area contributed by atoms with Gasteiger partial charge >= 0.3 is 0 Å². The van der Waals surface area contributed by atoms with Crippen LogP contribution in [0.5, 0.6) is 5.75 Å². The standard InChI is InChI=1S/C16H20N2O3/c1-2-4-16-17-15(18-21-16)10-20-12-8-7-11-5-3-6-14(19)13(11)9-12/h7-9,14,19H,2-6,10H2,1H3. The van der Waals surface area contributed by atoms with Crippen molar-refractivity contribution in [2.45, 2.75) is 51.7 Å². The zero-order chi connectivity index (χ0) is 14.7. The van der Waals surface area contributed by atoms with Gasteiger partial charge in [0.1, 0.15) is 5.75 Å². The first-order chi connectivity index (χ1) is 10.3. The van der Waals surface area contributed by atoms with Crippen LogP contribution in [0.15, 0.2) is 22.7 Å². The molecule has 112 valence electrons. The molecule has 5 nitrogen and oxygen atoms in total. The minimum absolute atomic E-state index is 0.280. The second kappa shape index (κ2) is 6.26. The van der Waals surface area contributed by atoms with Gasteiger partial charge in [-0.1, -0.05) is 18.1 Å². The molecule has 0 amide bonds. The van der Waals surface area contributed by atoms with E-state index in [1.807, 2.05) is 18.2 Å². The lowest BCUT2D eigenvalue weighted by molar-refractivity contribution is 0.156. The highest BCUT2D eigenvalue weighted by molar-refractivity contribution is 5.38. The van der Waals surface area contributed by atoms with Gasteiger partial charge in [0.25, 0.3) is 0 Å². The molecule has 0 spiro atoms. The number of ether oxygens (including phenoxy) is 1. The summed E-state index contributed by atoms with van der Waals surface area (Å²) in [6.45, 7) is 2.35. The van der Waals surface area contributed by atoms with Crippen molar-refractivity contribution in [2.24, 2.45) is 0 Å². The molecule has 1 aliphatic carbocycles. The lowest BCUT2D eigenvalue weighted by Crippen LogP contribution is -2.09. The van der Waals surface area contributed by atoms with Crippen molar-refractivity contribution in [2.75, 3.05) is 0 Å². The Bertz CT molecular complexity index is 609. The molecule has 1 heterocycles. The number of aliphatic hydroxyl groups excluding tert-OH is 1.